The van der Waals surface area contributed by atoms with Gasteiger partial charge in [-0.05, 0) is 0 Å². The zero-order valence-electron chi connectivity index (χ0n) is 16.9. The van der Waals surface area contributed by atoms with Gasteiger partial charge in [0, 0.05) is 6.15 Å². The van der Waals surface area contributed by atoms with E-state index in [0.29, 0.717) is 0 Å². The summed E-state index contributed by atoms with van der Waals surface area (Å²) in [7, 11) is 0. The molecule has 0 unspecified atom stereocenters. The minimum absolute atomic E-state index is 0. The van der Waals surface area contributed by atoms with E-state index in [1.54, 1.807) is 25.3 Å². The molecule has 0 nitrogen and oxygen atoms in total. The second-order valence-corrected chi connectivity index (χ2v) is 7.72. The quantitative estimate of drug-likeness (QED) is 0.234. The summed E-state index contributed by atoms with van der Waals surface area (Å²) in [6.07, 6.45) is 23.6. The van der Waals surface area contributed by atoms with Crippen LogP contribution in [0.5, 0.6) is 0 Å². The van der Waals surface area contributed by atoms with Gasteiger partial charge in [0.15, 0.2) is 0 Å². The third kappa shape index (κ3) is 14.5. The molecule has 0 bridgehead atoms. The molecule has 0 amide bonds. The SMILES string of the molecule is CCCCC[B-](CCCCC)(CCCCC)CCCCC.[Cs+]. The Labute approximate surface area is 202 Å². The van der Waals surface area contributed by atoms with Gasteiger partial charge in [-0.15, -0.1) is 0 Å². The fourth-order valence-electron chi connectivity index (χ4n) is 4.18. The summed E-state index contributed by atoms with van der Waals surface area (Å²) < 4.78 is 0. The number of unbranched alkanes of at least 4 members (excludes halogenated alkanes) is 8. The van der Waals surface area contributed by atoms with Crippen LogP contribution in [0.15, 0.2) is 0 Å². The van der Waals surface area contributed by atoms with Gasteiger partial charge in [0.05, 0.1) is 0 Å². The Bertz CT molecular complexity index is 160. The molecule has 0 aromatic carbocycles. The molecule has 22 heavy (non-hydrogen) atoms. The zero-order chi connectivity index (χ0) is 15.8. The molecule has 128 valence electrons. The third-order valence-electron chi connectivity index (χ3n) is 5.68. The first-order valence-electron chi connectivity index (χ1n) is 10.5. The maximum Gasteiger partial charge on any atom is 1.00 e. The van der Waals surface area contributed by atoms with Crippen LogP contribution in [0.4, 0.5) is 0 Å². The Morgan fingerprint density at radius 3 is 0.818 bits per heavy atom. The maximum atomic E-state index is 2.35. The van der Waals surface area contributed by atoms with E-state index in [2.05, 4.69) is 27.7 Å². The molecule has 0 saturated heterocycles. The van der Waals surface area contributed by atoms with Crippen molar-refractivity contribution in [2.45, 2.75) is 130 Å². The van der Waals surface area contributed by atoms with Crippen LogP contribution >= 0.6 is 0 Å². The summed E-state index contributed by atoms with van der Waals surface area (Å²) in [5.74, 6) is 0. The molecule has 0 aliphatic carbocycles. The first-order valence-corrected chi connectivity index (χ1v) is 10.5. The Kier molecular flexibility index (Phi) is 23.3. The average molecular weight is 428 g/mol. The van der Waals surface area contributed by atoms with E-state index >= 15 is 0 Å². The van der Waals surface area contributed by atoms with Gasteiger partial charge in [0.25, 0.3) is 0 Å². The molecule has 0 aromatic heterocycles. The van der Waals surface area contributed by atoms with Gasteiger partial charge in [-0.1, -0.05) is 105 Å². The molecule has 2 heteroatoms. The van der Waals surface area contributed by atoms with Crippen LogP contribution in [-0.2, 0) is 0 Å². The van der Waals surface area contributed by atoms with Crippen LogP contribution in [0.2, 0.25) is 25.3 Å². The van der Waals surface area contributed by atoms with Crippen molar-refractivity contribution >= 4 is 6.15 Å². The van der Waals surface area contributed by atoms with Crippen molar-refractivity contribution in [3.05, 3.63) is 0 Å². The largest absolute Gasteiger partial charge is 1.00 e. The van der Waals surface area contributed by atoms with Crippen LogP contribution < -0.4 is 68.9 Å². The maximum absolute atomic E-state index is 2.35. The summed E-state index contributed by atoms with van der Waals surface area (Å²) in [5, 5.41) is 0. The van der Waals surface area contributed by atoms with E-state index < -0.39 is 0 Å². The Morgan fingerprint density at radius 1 is 0.409 bits per heavy atom. The van der Waals surface area contributed by atoms with Crippen molar-refractivity contribution in [3.8, 4) is 0 Å². The van der Waals surface area contributed by atoms with E-state index in [0.717, 1.165) is 0 Å². The molecule has 0 rings (SSSR count). The number of hydrogen-bond donors (Lipinski definition) is 0. The Balaban J connectivity index is 0. The van der Waals surface area contributed by atoms with E-state index in [9.17, 15) is 0 Å². The van der Waals surface area contributed by atoms with Crippen LogP contribution in [0.3, 0.4) is 0 Å². The van der Waals surface area contributed by atoms with E-state index in [4.69, 9.17) is 0 Å². The van der Waals surface area contributed by atoms with Gasteiger partial charge < -0.3 is 0 Å². The van der Waals surface area contributed by atoms with E-state index in [-0.39, 0.29) is 75.0 Å². The summed E-state index contributed by atoms with van der Waals surface area (Å²) in [6.45, 7) is 9.39. The normalized spacial score (nSPS) is 11.5. The molecule has 0 radical (unpaired) electrons. The molecule has 0 saturated carbocycles. The summed E-state index contributed by atoms with van der Waals surface area (Å²) >= 11 is 0. The second-order valence-electron chi connectivity index (χ2n) is 7.72. The van der Waals surface area contributed by atoms with Gasteiger partial charge in [0.1, 0.15) is 0 Å². The van der Waals surface area contributed by atoms with Crippen LogP contribution in [-0.4, -0.2) is 6.15 Å². The van der Waals surface area contributed by atoms with Gasteiger partial charge >= 0.3 is 68.9 Å². The molecular weight excluding hydrogens is 384 g/mol. The van der Waals surface area contributed by atoms with Crippen LogP contribution in [0.1, 0.15) is 105 Å². The molecule has 0 heterocycles. The van der Waals surface area contributed by atoms with Crippen molar-refractivity contribution in [1.82, 2.24) is 0 Å². The smallest absolute Gasteiger partial charge is 0.178 e. The van der Waals surface area contributed by atoms with Crippen LogP contribution in [0.25, 0.3) is 0 Å². The molecule has 0 N–H and O–H groups in total. The second kappa shape index (κ2) is 19.4. The van der Waals surface area contributed by atoms with Gasteiger partial charge in [-0.2, -0.15) is 25.3 Å². The molecule has 0 aliphatic heterocycles. The molecule has 0 atom stereocenters. The fraction of sp³-hybridized carbons (Fsp3) is 1.00. The number of rotatable bonds is 16. The van der Waals surface area contributed by atoms with E-state index in [1.165, 1.54) is 77.0 Å². The van der Waals surface area contributed by atoms with Gasteiger partial charge in [0.2, 0.25) is 0 Å². The van der Waals surface area contributed by atoms with Crippen molar-refractivity contribution < 1.29 is 68.9 Å². The monoisotopic (exact) mass is 428 g/mol. The molecule has 0 spiro atoms. The summed E-state index contributed by atoms with van der Waals surface area (Å²) in [5.41, 5.74) is 0. The van der Waals surface area contributed by atoms with E-state index in [1.807, 2.05) is 0 Å². The zero-order valence-corrected chi connectivity index (χ0v) is 23.2. The first kappa shape index (κ1) is 26.3. The Morgan fingerprint density at radius 2 is 0.636 bits per heavy atom. The average Bonchev–Trinajstić information content (AvgIpc) is 2.48. The summed E-state index contributed by atoms with van der Waals surface area (Å²) in [6, 6.07) is 0. The van der Waals surface area contributed by atoms with Crippen molar-refractivity contribution in [3.63, 3.8) is 0 Å². The predicted octanol–water partition coefficient (Wildman–Crippen LogP) is 5.20. The van der Waals surface area contributed by atoms with Crippen molar-refractivity contribution in [2.24, 2.45) is 0 Å². The predicted molar refractivity (Wildman–Crippen MR) is 103 cm³/mol. The minimum Gasteiger partial charge on any atom is -0.178 e. The molecule has 0 aromatic rings. The fourth-order valence-corrected chi connectivity index (χ4v) is 4.18. The summed E-state index contributed by atoms with van der Waals surface area (Å²) in [4.78, 5) is 0. The molecule has 0 aliphatic rings. The third-order valence-corrected chi connectivity index (χ3v) is 5.68. The van der Waals surface area contributed by atoms with Gasteiger partial charge in [-0.3, -0.25) is 0 Å². The van der Waals surface area contributed by atoms with Crippen molar-refractivity contribution in [2.75, 3.05) is 0 Å². The Hall–Kier alpha value is 2.12. The van der Waals surface area contributed by atoms with Crippen molar-refractivity contribution in [1.29, 1.82) is 0 Å². The molecule has 0 fully saturated rings. The molecular formula is C20H44BCs. The van der Waals surface area contributed by atoms with Gasteiger partial charge in [-0.25, -0.2) is 0 Å². The first-order chi connectivity index (χ1) is 10.2. The minimum atomic E-state index is -0.0383. The van der Waals surface area contributed by atoms with Crippen LogP contribution in [0, 0.1) is 0 Å². The number of hydrogen-bond acceptors (Lipinski definition) is 0. The standard InChI is InChI=1S/C20H44B.Cs/c1-5-9-13-17-21(18-14-10-6-2,19-15-11-7-3)20-16-12-8-4;/h5-20H2,1-4H3;/q-1;+1. The topological polar surface area (TPSA) is 0 Å².